The fraction of sp³-hybridized carbons (Fsp3) is 0.0833. The van der Waals surface area contributed by atoms with Crippen molar-refractivity contribution in [1.29, 1.82) is 5.26 Å². The van der Waals surface area contributed by atoms with Gasteiger partial charge < -0.3 is 14.8 Å². The van der Waals surface area contributed by atoms with Gasteiger partial charge in [-0.3, -0.25) is 4.79 Å². The highest BCUT2D eigenvalue weighted by Gasteiger charge is 2.14. The molecule has 0 aromatic heterocycles. The van der Waals surface area contributed by atoms with E-state index in [1.54, 1.807) is 12.1 Å². The standard InChI is InChI=1S/C24H17Br2FN2O3/c1-31-22-12-16(10-17(13-28)24(30)29-20-8-6-19(27)7-9-20)11-21(26)23(22)32-14-15-2-4-18(25)5-3-15/h2-12H,14H2,1H3,(H,29,30)/b17-10-. The summed E-state index contributed by atoms with van der Waals surface area (Å²) in [6, 6.07) is 18.3. The number of methoxy groups -OCH3 is 1. The van der Waals surface area contributed by atoms with Gasteiger partial charge in [0.2, 0.25) is 0 Å². The molecule has 5 nitrogen and oxygen atoms in total. The van der Waals surface area contributed by atoms with E-state index in [-0.39, 0.29) is 5.57 Å². The first-order chi connectivity index (χ1) is 15.4. The summed E-state index contributed by atoms with van der Waals surface area (Å²) >= 11 is 6.87. The molecule has 0 atom stereocenters. The number of carbonyl (C=O) groups excluding carboxylic acids is 1. The molecule has 0 radical (unpaired) electrons. The summed E-state index contributed by atoms with van der Waals surface area (Å²) in [7, 11) is 1.51. The molecule has 0 fully saturated rings. The van der Waals surface area contributed by atoms with Crippen LogP contribution in [-0.2, 0) is 11.4 Å². The van der Waals surface area contributed by atoms with Gasteiger partial charge >= 0.3 is 0 Å². The van der Waals surface area contributed by atoms with Crippen molar-refractivity contribution in [2.75, 3.05) is 12.4 Å². The van der Waals surface area contributed by atoms with Crippen LogP contribution in [0.25, 0.3) is 6.08 Å². The van der Waals surface area contributed by atoms with Crippen LogP contribution in [0.3, 0.4) is 0 Å². The maximum Gasteiger partial charge on any atom is 0.266 e. The molecule has 0 aliphatic rings. The van der Waals surface area contributed by atoms with Crippen molar-refractivity contribution in [3.05, 3.63) is 92.1 Å². The first kappa shape index (κ1) is 23.5. The van der Waals surface area contributed by atoms with Gasteiger partial charge in [-0.25, -0.2) is 4.39 Å². The fourth-order valence-corrected chi connectivity index (χ4v) is 3.58. The van der Waals surface area contributed by atoms with Crippen molar-refractivity contribution < 1.29 is 18.7 Å². The molecule has 3 rings (SSSR count). The lowest BCUT2D eigenvalue weighted by molar-refractivity contribution is -0.112. The largest absolute Gasteiger partial charge is 0.493 e. The Kier molecular flexibility index (Phi) is 8.03. The summed E-state index contributed by atoms with van der Waals surface area (Å²) in [6.45, 7) is 0.334. The normalized spacial score (nSPS) is 10.9. The maximum absolute atomic E-state index is 13.0. The number of hydrogen-bond acceptors (Lipinski definition) is 4. The monoisotopic (exact) mass is 558 g/mol. The predicted molar refractivity (Wildman–Crippen MR) is 128 cm³/mol. The van der Waals surface area contributed by atoms with Crippen molar-refractivity contribution in [3.63, 3.8) is 0 Å². The van der Waals surface area contributed by atoms with E-state index in [9.17, 15) is 14.4 Å². The summed E-state index contributed by atoms with van der Waals surface area (Å²) in [6.07, 6.45) is 1.44. The van der Waals surface area contributed by atoms with Gasteiger partial charge in [0.1, 0.15) is 24.1 Å². The third-order valence-corrected chi connectivity index (χ3v) is 5.44. The Hall–Kier alpha value is -3.15. The number of nitriles is 1. The van der Waals surface area contributed by atoms with Gasteiger partial charge in [0, 0.05) is 10.2 Å². The first-order valence-electron chi connectivity index (χ1n) is 9.33. The Labute approximate surface area is 201 Å². The second kappa shape index (κ2) is 10.9. The predicted octanol–water partition coefficient (Wildman–Crippen LogP) is 6.48. The summed E-state index contributed by atoms with van der Waals surface area (Å²) in [5.74, 6) is -0.0796. The molecule has 8 heteroatoms. The number of carbonyl (C=O) groups is 1. The number of nitrogens with zero attached hydrogens (tertiary/aromatic N) is 1. The molecule has 0 spiro atoms. The third-order valence-electron chi connectivity index (χ3n) is 4.33. The molecule has 32 heavy (non-hydrogen) atoms. The van der Waals surface area contributed by atoms with Gasteiger partial charge in [-0.2, -0.15) is 5.26 Å². The minimum absolute atomic E-state index is 0.119. The molecule has 0 aliphatic heterocycles. The zero-order valence-corrected chi connectivity index (χ0v) is 20.0. The maximum atomic E-state index is 13.0. The van der Waals surface area contributed by atoms with Crippen LogP contribution < -0.4 is 14.8 Å². The van der Waals surface area contributed by atoms with Crippen LogP contribution in [0, 0.1) is 17.1 Å². The van der Waals surface area contributed by atoms with E-state index in [2.05, 4.69) is 37.2 Å². The lowest BCUT2D eigenvalue weighted by Gasteiger charge is -2.14. The number of anilines is 1. The number of halogens is 3. The zero-order chi connectivity index (χ0) is 23.1. The average Bonchev–Trinajstić information content (AvgIpc) is 2.79. The van der Waals surface area contributed by atoms with Gasteiger partial charge in [0.05, 0.1) is 11.6 Å². The first-order valence-corrected chi connectivity index (χ1v) is 10.9. The fourth-order valence-electron chi connectivity index (χ4n) is 2.75. The highest BCUT2D eigenvalue weighted by atomic mass is 79.9. The highest BCUT2D eigenvalue weighted by molar-refractivity contribution is 9.10. The topological polar surface area (TPSA) is 71.3 Å². The number of nitrogens with one attached hydrogen (secondary N) is 1. The quantitative estimate of drug-likeness (QED) is 0.265. The van der Waals surface area contributed by atoms with E-state index < -0.39 is 11.7 Å². The molecule has 3 aromatic carbocycles. The lowest BCUT2D eigenvalue weighted by Crippen LogP contribution is -2.13. The number of benzene rings is 3. The summed E-state index contributed by atoms with van der Waals surface area (Å²) in [5.41, 5.74) is 1.81. The SMILES string of the molecule is COc1cc(/C=C(/C#N)C(=O)Nc2ccc(F)cc2)cc(Br)c1OCc1ccc(Br)cc1. The van der Waals surface area contributed by atoms with Gasteiger partial charge in [-0.05, 0) is 81.7 Å². The van der Waals surface area contributed by atoms with E-state index in [0.29, 0.717) is 33.8 Å². The molecule has 0 unspecified atom stereocenters. The van der Waals surface area contributed by atoms with Gasteiger partial charge in [0.25, 0.3) is 5.91 Å². The molecule has 0 heterocycles. The van der Waals surface area contributed by atoms with Crippen LogP contribution in [0.5, 0.6) is 11.5 Å². The smallest absolute Gasteiger partial charge is 0.266 e. The Balaban J connectivity index is 1.80. The van der Waals surface area contributed by atoms with Crippen molar-refractivity contribution in [3.8, 4) is 17.6 Å². The average molecular weight is 560 g/mol. The van der Waals surface area contributed by atoms with Gasteiger partial charge in [-0.15, -0.1) is 0 Å². The number of ether oxygens (including phenoxy) is 2. The minimum atomic E-state index is -0.607. The molecule has 162 valence electrons. The van der Waals surface area contributed by atoms with E-state index >= 15 is 0 Å². The zero-order valence-electron chi connectivity index (χ0n) is 16.9. The van der Waals surface area contributed by atoms with Crippen molar-refractivity contribution in [2.24, 2.45) is 0 Å². The number of hydrogen-bond donors (Lipinski definition) is 1. The molecule has 1 N–H and O–H groups in total. The molecule has 3 aromatic rings. The van der Waals surface area contributed by atoms with Crippen LogP contribution in [0.2, 0.25) is 0 Å². The number of rotatable bonds is 7. The molecule has 0 saturated carbocycles. The molecule has 0 bridgehead atoms. The van der Waals surface area contributed by atoms with Gasteiger partial charge in [-0.1, -0.05) is 28.1 Å². The van der Waals surface area contributed by atoms with E-state index in [0.717, 1.165) is 10.0 Å². The van der Waals surface area contributed by atoms with E-state index in [1.807, 2.05) is 30.3 Å². The van der Waals surface area contributed by atoms with Gasteiger partial charge in [0.15, 0.2) is 11.5 Å². The Morgan fingerprint density at radius 2 is 1.81 bits per heavy atom. The Bertz CT molecular complexity index is 1190. The lowest BCUT2D eigenvalue weighted by atomic mass is 10.1. The second-order valence-corrected chi connectivity index (χ2v) is 8.35. The van der Waals surface area contributed by atoms with Crippen LogP contribution >= 0.6 is 31.9 Å². The van der Waals surface area contributed by atoms with Crippen molar-refractivity contribution >= 4 is 49.5 Å². The summed E-state index contributed by atoms with van der Waals surface area (Å²) < 4.78 is 26.0. The minimum Gasteiger partial charge on any atom is -0.493 e. The van der Waals surface area contributed by atoms with Crippen molar-refractivity contribution in [1.82, 2.24) is 0 Å². The van der Waals surface area contributed by atoms with E-state index in [1.165, 1.54) is 37.5 Å². The second-order valence-electron chi connectivity index (χ2n) is 6.58. The van der Waals surface area contributed by atoms with Crippen LogP contribution in [0.15, 0.2) is 75.2 Å². The van der Waals surface area contributed by atoms with Crippen molar-refractivity contribution in [2.45, 2.75) is 6.61 Å². The highest BCUT2D eigenvalue weighted by Crippen LogP contribution is 2.38. The molecule has 1 amide bonds. The van der Waals surface area contributed by atoms with E-state index in [4.69, 9.17) is 9.47 Å². The molecular formula is C24H17Br2FN2O3. The summed E-state index contributed by atoms with van der Waals surface area (Å²) in [5, 5.41) is 12.0. The van der Waals surface area contributed by atoms with Crippen LogP contribution in [0.1, 0.15) is 11.1 Å². The van der Waals surface area contributed by atoms with Crippen LogP contribution in [-0.4, -0.2) is 13.0 Å². The Morgan fingerprint density at radius 1 is 1.12 bits per heavy atom. The molecular weight excluding hydrogens is 543 g/mol. The molecule has 0 aliphatic carbocycles. The number of amides is 1. The third kappa shape index (κ3) is 6.19. The molecule has 0 saturated heterocycles. The van der Waals surface area contributed by atoms with Crippen LogP contribution in [0.4, 0.5) is 10.1 Å². The summed E-state index contributed by atoms with van der Waals surface area (Å²) in [4.78, 5) is 12.5. The Morgan fingerprint density at radius 3 is 2.44 bits per heavy atom.